The fraction of sp³-hybridized carbons (Fsp3) is 0.174. The van der Waals surface area contributed by atoms with E-state index < -0.39 is 0 Å². The van der Waals surface area contributed by atoms with E-state index in [0.717, 1.165) is 39.5 Å². The Kier molecular flexibility index (Phi) is 5.06. The van der Waals surface area contributed by atoms with Gasteiger partial charge < -0.3 is 14.5 Å². The zero-order chi connectivity index (χ0) is 18.5. The van der Waals surface area contributed by atoms with Crippen LogP contribution in [0.4, 0.5) is 0 Å². The summed E-state index contributed by atoms with van der Waals surface area (Å²) in [6.07, 6.45) is 2.76. The van der Waals surface area contributed by atoms with Gasteiger partial charge in [0.25, 0.3) is 0 Å². The number of nitrogens with one attached hydrogen (secondary N) is 1. The van der Waals surface area contributed by atoms with Crippen LogP contribution in [0.1, 0.15) is 12.0 Å². The van der Waals surface area contributed by atoms with Crippen LogP contribution < -0.4 is 10.1 Å². The fourth-order valence-electron chi connectivity index (χ4n) is 3.25. The van der Waals surface area contributed by atoms with Crippen molar-refractivity contribution in [3.8, 4) is 5.75 Å². The van der Waals surface area contributed by atoms with Crippen molar-refractivity contribution >= 4 is 27.6 Å². The number of carbonyl (C=O) groups is 1. The third kappa shape index (κ3) is 3.95. The molecule has 27 heavy (non-hydrogen) atoms. The molecule has 1 aromatic heterocycles. The highest BCUT2D eigenvalue weighted by molar-refractivity contribution is 6.08. The molecule has 1 amide bonds. The molecule has 4 aromatic rings. The first-order chi connectivity index (χ1) is 13.3. The topological polar surface area (TPSA) is 51.5 Å². The lowest BCUT2D eigenvalue weighted by Crippen LogP contribution is -2.27. The maximum absolute atomic E-state index is 12.3. The fourth-order valence-corrected chi connectivity index (χ4v) is 3.25. The highest BCUT2D eigenvalue weighted by atomic mass is 16.5. The first kappa shape index (κ1) is 17.2. The number of carbonyl (C=O) groups excluding carboxylic acids is 1. The first-order valence-electron chi connectivity index (χ1n) is 9.13. The minimum atomic E-state index is -0.00894. The highest BCUT2D eigenvalue weighted by Crippen LogP contribution is 2.30. The van der Waals surface area contributed by atoms with Crippen molar-refractivity contribution in [1.82, 2.24) is 5.32 Å². The van der Waals surface area contributed by atoms with Gasteiger partial charge >= 0.3 is 0 Å². The Bertz CT molecular complexity index is 1050. The van der Waals surface area contributed by atoms with Crippen molar-refractivity contribution < 1.29 is 13.9 Å². The minimum absolute atomic E-state index is 0.00894. The molecule has 0 radical (unpaired) electrons. The molecular formula is C23H21NO3. The summed E-state index contributed by atoms with van der Waals surface area (Å²) >= 11 is 0. The molecule has 4 nitrogen and oxygen atoms in total. The maximum atomic E-state index is 12.3. The van der Waals surface area contributed by atoms with Crippen molar-refractivity contribution in [2.45, 2.75) is 12.8 Å². The van der Waals surface area contributed by atoms with Gasteiger partial charge in [0.05, 0.1) is 19.3 Å². The van der Waals surface area contributed by atoms with Gasteiger partial charge in [0.1, 0.15) is 11.3 Å². The van der Waals surface area contributed by atoms with E-state index in [2.05, 4.69) is 17.4 Å². The molecule has 3 aromatic carbocycles. The Hall–Kier alpha value is -3.27. The van der Waals surface area contributed by atoms with Crippen molar-refractivity contribution in [3.63, 3.8) is 0 Å². The molecule has 136 valence electrons. The van der Waals surface area contributed by atoms with E-state index in [1.165, 1.54) is 0 Å². The Morgan fingerprint density at radius 2 is 1.78 bits per heavy atom. The van der Waals surface area contributed by atoms with Crippen molar-refractivity contribution in [1.29, 1.82) is 0 Å². The summed E-state index contributed by atoms with van der Waals surface area (Å²) in [6, 6.07) is 21.8. The Morgan fingerprint density at radius 1 is 0.963 bits per heavy atom. The normalized spacial score (nSPS) is 11.0. The number of furan rings is 1. The molecule has 0 aliphatic carbocycles. The minimum Gasteiger partial charge on any atom is -0.494 e. The van der Waals surface area contributed by atoms with E-state index in [-0.39, 0.29) is 5.91 Å². The Balaban J connectivity index is 1.34. The summed E-state index contributed by atoms with van der Waals surface area (Å²) in [4.78, 5) is 12.3. The Labute approximate surface area is 157 Å². The lowest BCUT2D eigenvalue weighted by molar-refractivity contribution is -0.120. The number of hydrogen-bond acceptors (Lipinski definition) is 3. The maximum Gasteiger partial charge on any atom is 0.224 e. The van der Waals surface area contributed by atoms with Crippen molar-refractivity contribution in [2.75, 3.05) is 13.2 Å². The quantitative estimate of drug-likeness (QED) is 0.486. The molecule has 0 saturated heterocycles. The summed E-state index contributed by atoms with van der Waals surface area (Å²) in [7, 11) is 0. The van der Waals surface area contributed by atoms with E-state index in [1.807, 2.05) is 54.6 Å². The van der Waals surface area contributed by atoms with Gasteiger partial charge in [-0.1, -0.05) is 48.5 Å². The predicted octanol–water partition coefficient (Wildman–Crippen LogP) is 4.71. The third-order valence-electron chi connectivity index (χ3n) is 4.55. The van der Waals surface area contributed by atoms with Gasteiger partial charge in [0.15, 0.2) is 0 Å². The summed E-state index contributed by atoms with van der Waals surface area (Å²) in [6.45, 7) is 1.16. The second kappa shape index (κ2) is 7.96. The lowest BCUT2D eigenvalue weighted by Gasteiger charge is -2.07. The second-order valence-electron chi connectivity index (χ2n) is 6.46. The van der Waals surface area contributed by atoms with Gasteiger partial charge in [-0.25, -0.2) is 0 Å². The number of benzene rings is 3. The SMILES string of the molecule is O=C(Cc1coc2ccc3ccccc3c12)NCCCOc1ccccc1. The van der Waals surface area contributed by atoms with E-state index in [1.54, 1.807) is 6.26 Å². The zero-order valence-electron chi connectivity index (χ0n) is 15.0. The number of ether oxygens (including phenoxy) is 1. The Morgan fingerprint density at radius 3 is 2.67 bits per heavy atom. The average Bonchev–Trinajstić information content (AvgIpc) is 3.12. The second-order valence-corrected chi connectivity index (χ2v) is 6.46. The molecule has 4 rings (SSSR count). The van der Waals surface area contributed by atoms with Crippen LogP contribution in [0.15, 0.2) is 77.4 Å². The van der Waals surface area contributed by atoms with Crippen molar-refractivity contribution in [3.05, 3.63) is 78.6 Å². The van der Waals surface area contributed by atoms with Gasteiger partial charge in [0.2, 0.25) is 5.91 Å². The van der Waals surface area contributed by atoms with E-state index >= 15 is 0 Å². The zero-order valence-corrected chi connectivity index (χ0v) is 15.0. The van der Waals surface area contributed by atoms with Crippen LogP contribution in [0.3, 0.4) is 0 Å². The van der Waals surface area contributed by atoms with Gasteiger partial charge in [-0.05, 0) is 35.4 Å². The molecule has 1 heterocycles. The van der Waals surface area contributed by atoms with Crippen LogP contribution >= 0.6 is 0 Å². The van der Waals surface area contributed by atoms with Crippen LogP contribution in [0.5, 0.6) is 5.75 Å². The predicted molar refractivity (Wildman–Crippen MR) is 107 cm³/mol. The number of hydrogen-bond donors (Lipinski definition) is 1. The number of rotatable bonds is 7. The summed E-state index contributed by atoms with van der Waals surface area (Å²) in [5.74, 6) is 0.839. The number of para-hydroxylation sites is 1. The number of amides is 1. The van der Waals surface area contributed by atoms with Crippen LogP contribution in [0.25, 0.3) is 21.7 Å². The first-order valence-corrected chi connectivity index (χ1v) is 9.13. The molecule has 0 fully saturated rings. The monoisotopic (exact) mass is 359 g/mol. The van der Waals surface area contributed by atoms with E-state index in [4.69, 9.17) is 9.15 Å². The van der Waals surface area contributed by atoms with Gasteiger partial charge in [-0.15, -0.1) is 0 Å². The molecule has 0 saturated carbocycles. The van der Waals surface area contributed by atoms with Crippen LogP contribution in [0, 0.1) is 0 Å². The largest absolute Gasteiger partial charge is 0.494 e. The molecule has 0 spiro atoms. The molecule has 0 bridgehead atoms. The van der Waals surface area contributed by atoms with E-state index in [0.29, 0.717) is 19.6 Å². The van der Waals surface area contributed by atoms with E-state index in [9.17, 15) is 4.79 Å². The molecule has 1 N–H and O–H groups in total. The highest BCUT2D eigenvalue weighted by Gasteiger charge is 2.12. The molecule has 4 heteroatoms. The summed E-state index contributed by atoms with van der Waals surface area (Å²) < 4.78 is 11.3. The van der Waals surface area contributed by atoms with Crippen LogP contribution in [0.2, 0.25) is 0 Å². The van der Waals surface area contributed by atoms with Gasteiger partial charge in [-0.2, -0.15) is 0 Å². The van der Waals surface area contributed by atoms with Crippen LogP contribution in [-0.2, 0) is 11.2 Å². The third-order valence-corrected chi connectivity index (χ3v) is 4.55. The van der Waals surface area contributed by atoms with Gasteiger partial charge in [-0.3, -0.25) is 4.79 Å². The van der Waals surface area contributed by atoms with Crippen molar-refractivity contribution in [2.24, 2.45) is 0 Å². The lowest BCUT2D eigenvalue weighted by atomic mass is 10.0. The van der Waals surface area contributed by atoms with Gasteiger partial charge in [0, 0.05) is 17.5 Å². The summed E-state index contributed by atoms with van der Waals surface area (Å²) in [5.41, 5.74) is 1.73. The van der Waals surface area contributed by atoms with Crippen LogP contribution in [-0.4, -0.2) is 19.1 Å². The molecule has 0 aliphatic heterocycles. The molecule has 0 unspecified atom stereocenters. The average molecular weight is 359 g/mol. The molecule has 0 aliphatic rings. The standard InChI is InChI=1S/C23H21NO3/c25-22(24-13-6-14-26-19-8-2-1-3-9-19)15-18-16-27-21-12-11-17-7-4-5-10-20(17)23(18)21/h1-5,7-12,16H,6,13-15H2,(H,24,25). The summed E-state index contributed by atoms with van der Waals surface area (Å²) in [5, 5.41) is 6.24. The molecule has 0 atom stereocenters. The molecular weight excluding hydrogens is 338 g/mol. The number of fused-ring (bicyclic) bond motifs is 3. The smallest absolute Gasteiger partial charge is 0.224 e.